The second-order valence-electron chi connectivity index (χ2n) is 3.67. The van der Waals surface area contributed by atoms with Crippen LogP contribution in [0.4, 0.5) is 8.78 Å². The Morgan fingerprint density at radius 2 is 2.00 bits per heavy atom. The Labute approximate surface area is 91.6 Å². The van der Waals surface area contributed by atoms with Gasteiger partial charge in [0.05, 0.1) is 0 Å². The molecule has 84 valence electrons. The Kier molecular flexibility index (Phi) is 2.75. The molecule has 1 atom stereocenters. The zero-order valence-corrected chi connectivity index (χ0v) is 8.67. The molecular formula is C12H11F2NO. The standard InChI is InChI=1S/C12H11F2NO/c1-7-4-9(11(14)5-10(7)13)12(16)8-2-3-15-6-8/h2-6,12,15-16H,1H3. The van der Waals surface area contributed by atoms with E-state index in [0.29, 0.717) is 11.1 Å². The number of aromatic amines is 1. The predicted octanol–water partition coefficient (Wildman–Crippen LogP) is 2.68. The van der Waals surface area contributed by atoms with Crippen molar-refractivity contribution in [2.24, 2.45) is 0 Å². The van der Waals surface area contributed by atoms with Crippen LogP contribution in [0.15, 0.2) is 30.6 Å². The summed E-state index contributed by atoms with van der Waals surface area (Å²) in [4.78, 5) is 2.77. The molecule has 0 amide bonds. The number of rotatable bonds is 2. The van der Waals surface area contributed by atoms with Crippen molar-refractivity contribution in [2.75, 3.05) is 0 Å². The average Bonchev–Trinajstić information content (AvgIpc) is 2.75. The van der Waals surface area contributed by atoms with Gasteiger partial charge in [-0.25, -0.2) is 8.78 Å². The van der Waals surface area contributed by atoms with E-state index < -0.39 is 17.7 Å². The number of aliphatic hydroxyl groups excluding tert-OH is 1. The highest BCUT2D eigenvalue weighted by Gasteiger charge is 2.17. The lowest BCUT2D eigenvalue weighted by Gasteiger charge is -2.11. The van der Waals surface area contributed by atoms with Crippen LogP contribution in [0.5, 0.6) is 0 Å². The van der Waals surface area contributed by atoms with Crippen LogP contribution in [-0.2, 0) is 0 Å². The van der Waals surface area contributed by atoms with Gasteiger partial charge in [-0.15, -0.1) is 0 Å². The summed E-state index contributed by atoms with van der Waals surface area (Å²) in [5.41, 5.74) is 0.939. The minimum absolute atomic E-state index is 0.0819. The number of hydrogen-bond donors (Lipinski definition) is 2. The van der Waals surface area contributed by atoms with E-state index >= 15 is 0 Å². The summed E-state index contributed by atoms with van der Waals surface area (Å²) in [5.74, 6) is -1.35. The summed E-state index contributed by atoms with van der Waals surface area (Å²) < 4.78 is 26.5. The van der Waals surface area contributed by atoms with Crippen LogP contribution >= 0.6 is 0 Å². The summed E-state index contributed by atoms with van der Waals surface area (Å²) in [6.45, 7) is 1.53. The SMILES string of the molecule is Cc1cc(C(O)c2cc[nH]c2)c(F)cc1F. The van der Waals surface area contributed by atoms with Crippen LogP contribution in [-0.4, -0.2) is 10.1 Å². The fraction of sp³-hybridized carbons (Fsp3) is 0.167. The number of nitrogens with one attached hydrogen (secondary N) is 1. The van der Waals surface area contributed by atoms with E-state index in [9.17, 15) is 13.9 Å². The molecule has 1 aromatic heterocycles. The second-order valence-corrected chi connectivity index (χ2v) is 3.67. The van der Waals surface area contributed by atoms with Gasteiger partial charge in [0.25, 0.3) is 0 Å². The fourth-order valence-electron chi connectivity index (χ4n) is 1.58. The molecule has 1 unspecified atom stereocenters. The summed E-state index contributed by atoms with van der Waals surface area (Å²) in [6, 6.07) is 3.76. The predicted molar refractivity (Wildman–Crippen MR) is 55.9 cm³/mol. The molecule has 16 heavy (non-hydrogen) atoms. The van der Waals surface area contributed by atoms with Crippen LogP contribution in [0.25, 0.3) is 0 Å². The minimum Gasteiger partial charge on any atom is -0.383 e. The third-order valence-electron chi connectivity index (χ3n) is 2.51. The van der Waals surface area contributed by atoms with E-state index in [-0.39, 0.29) is 5.56 Å². The third-order valence-corrected chi connectivity index (χ3v) is 2.51. The third kappa shape index (κ3) is 1.84. The van der Waals surface area contributed by atoms with Gasteiger partial charge in [0.2, 0.25) is 0 Å². The smallest absolute Gasteiger partial charge is 0.132 e. The Balaban J connectivity index is 2.44. The quantitative estimate of drug-likeness (QED) is 0.806. The average molecular weight is 223 g/mol. The number of benzene rings is 1. The summed E-state index contributed by atoms with van der Waals surface area (Å²) in [5, 5.41) is 9.89. The molecule has 0 fully saturated rings. The molecule has 0 saturated heterocycles. The number of aryl methyl sites for hydroxylation is 1. The molecule has 2 aromatic rings. The maximum atomic E-state index is 13.5. The van der Waals surface area contributed by atoms with Crippen molar-refractivity contribution in [3.63, 3.8) is 0 Å². The van der Waals surface area contributed by atoms with Crippen molar-refractivity contribution >= 4 is 0 Å². The van der Waals surface area contributed by atoms with Gasteiger partial charge in [0.15, 0.2) is 0 Å². The molecule has 2 rings (SSSR count). The molecule has 0 aliphatic heterocycles. The number of aromatic nitrogens is 1. The summed E-state index contributed by atoms with van der Waals surface area (Å²) in [7, 11) is 0. The second kappa shape index (κ2) is 4.06. The lowest BCUT2D eigenvalue weighted by atomic mass is 10.0. The highest BCUT2D eigenvalue weighted by Crippen LogP contribution is 2.25. The Morgan fingerprint density at radius 1 is 1.25 bits per heavy atom. The minimum atomic E-state index is -1.08. The van der Waals surface area contributed by atoms with Crippen molar-refractivity contribution < 1.29 is 13.9 Å². The fourth-order valence-corrected chi connectivity index (χ4v) is 1.58. The van der Waals surface area contributed by atoms with Crippen LogP contribution < -0.4 is 0 Å². The van der Waals surface area contributed by atoms with Gasteiger partial charge in [0.1, 0.15) is 17.7 Å². The van der Waals surface area contributed by atoms with E-state index in [0.717, 1.165) is 6.07 Å². The van der Waals surface area contributed by atoms with Crippen LogP contribution in [0.1, 0.15) is 22.8 Å². The van der Waals surface area contributed by atoms with Gasteiger partial charge in [-0.1, -0.05) is 0 Å². The maximum Gasteiger partial charge on any atom is 0.132 e. The largest absolute Gasteiger partial charge is 0.383 e. The van der Waals surface area contributed by atoms with E-state index in [1.165, 1.54) is 13.0 Å². The van der Waals surface area contributed by atoms with Crippen LogP contribution in [0.3, 0.4) is 0 Å². The van der Waals surface area contributed by atoms with Crippen LogP contribution in [0, 0.1) is 18.6 Å². The molecule has 1 heterocycles. The van der Waals surface area contributed by atoms with Gasteiger partial charge >= 0.3 is 0 Å². The first-order valence-electron chi connectivity index (χ1n) is 4.86. The first-order valence-corrected chi connectivity index (χ1v) is 4.86. The number of halogens is 2. The first kappa shape index (κ1) is 10.8. The van der Waals surface area contributed by atoms with Crippen molar-refractivity contribution in [3.05, 3.63) is 58.9 Å². The zero-order chi connectivity index (χ0) is 11.7. The summed E-state index contributed by atoms with van der Waals surface area (Å²) >= 11 is 0. The topological polar surface area (TPSA) is 36.0 Å². The maximum absolute atomic E-state index is 13.5. The molecule has 4 heteroatoms. The number of H-pyrrole nitrogens is 1. The molecule has 0 saturated carbocycles. The van der Waals surface area contributed by atoms with Crippen molar-refractivity contribution in [1.82, 2.24) is 4.98 Å². The normalized spacial score (nSPS) is 12.8. The molecule has 0 spiro atoms. The Hall–Kier alpha value is -1.68. The van der Waals surface area contributed by atoms with Crippen LogP contribution in [0.2, 0.25) is 0 Å². The van der Waals surface area contributed by atoms with E-state index in [2.05, 4.69) is 4.98 Å². The first-order chi connectivity index (χ1) is 7.59. The number of hydrogen-bond acceptors (Lipinski definition) is 1. The molecule has 0 bridgehead atoms. The van der Waals surface area contributed by atoms with E-state index in [4.69, 9.17) is 0 Å². The van der Waals surface area contributed by atoms with Crippen molar-refractivity contribution in [1.29, 1.82) is 0 Å². The molecule has 2 N–H and O–H groups in total. The molecule has 1 aromatic carbocycles. The van der Waals surface area contributed by atoms with Gasteiger partial charge < -0.3 is 10.1 Å². The van der Waals surface area contributed by atoms with Gasteiger partial charge in [-0.05, 0) is 24.6 Å². The van der Waals surface area contributed by atoms with Gasteiger partial charge in [-0.2, -0.15) is 0 Å². The molecule has 0 radical (unpaired) electrons. The lowest BCUT2D eigenvalue weighted by molar-refractivity contribution is 0.215. The Morgan fingerprint density at radius 3 is 2.62 bits per heavy atom. The molecule has 0 aliphatic carbocycles. The number of aliphatic hydroxyl groups is 1. The van der Waals surface area contributed by atoms with E-state index in [1.807, 2.05) is 0 Å². The lowest BCUT2D eigenvalue weighted by Crippen LogP contribution is -2.03. The molecule has 2 nitrogen and oxygen atoms in total. The molecular weight excluding hydrogens is 212 g/mol. The Bertz CT molecular complexity index is 494. The van der Waals surface area contributed by atoms with E-state index in [1.54, 1.807) is 18.5 Å². The van der Waals surface area contributed by atoms with Gasteiger partial charge in [-0.3, -0.25) is 0 Å². The van der Waals surface area contributed by atoms with Gasteiger partial charge in [0, 0.05) is 29.6 Å². The monoisotopic (exact) mass is 223 g/mol. The van der Waals surface area contributed by atoms with Crippen molar-refractivity contribution in [3.8, 4) is 0 Å². The highest BCUT2D eigenvalue weighted by molar-refractivity contribution is 5.33. The summed E-state index contributed by atoms with van der Waals surface area (Å²) in [6.07, 6.45) is 2.13. The highest BCUT2D eigenvalue weighted by atomic mass is 19.1. The molecule has 0 aliphatic rings. The zero-order valence-electron chi connectivity index (χ0n) is 8.67. The van der Waals surface area contributed by atoms with Crippen molar-refractivity contribution in [2.45, 2.75) is 13.0 Å².